The van der Waals surface area contributed by atoms with Crippen molar-refractivity contribution in [3.05, 3.63) is 40.4 Å². The summed E-state index contributed by atoms with van der Waals surface area (Å²) in [6, 6.07) is 5.94. The molecule has 1 amide bonds. The van der Waals surface area contributed by atoms with Gasteiger partial charge in [-0.2, -0.15) is 0 Å². The van der Waals surface area contributed by atoms with Gasteiger partial charge in [0.05, 0.1) is 0 Å². The Bertz CT molecular complexity index is 523. The van der Waals surface area contributed by atoms with Crippen LogP contribution in [0.1, 0.15) is 18.4 Å². The third-order valence-electron chi connectivity index (χ3n) is 4.06. The summed E-state index contributed by atoms with van der Waals surface area (Å²) in [4.78, 5) is 12.3. The lowest BCUT2D eigenvalue weighted by atomic mass is 9.92. The molecule has 1 aromatic rings. The van der Waals surface area contributed by atoms with Crippen LogP contribution in [-0.2, 0) is 4.79 Å². The third kappa shape index (κ3) is 2.12. The van der Waals surface area contributed by atoms with Crippen LogP contribution < -0.4 is 5.32 Å². The molecule has 3 heteroatoms. The molecular weight excluding hydrogens is 290 g/mol. The predicted octanol–water partition coefficient (Wildman–Crippen LogP) is 3.91. The maximum Gasteiger partial charge on any atom is 0.228 e. The van der Waals surface area contributed by atoms with E-state index < -0.39 is 0 Å². The van der Waals surface area contributed by atoms with E-state index in [2.05, 4.69) is 33.4 Å². The van der Waals surface area contributed by atoms with Crippen LogP contribution in [0.5, 0.6) is 0 Å². The number of carbonyl (C=O) groups is 1. The fourth-order valence-corrected chi connectivity index (χ4v) is 3.55. The van der Waals surface area contributed by atoms with Crippen LogP contribution in [-0.4, -0.2) is 5.91 Å². The molecule has 1 N–H and O–H groups in total. The van der Waals surface area contributed by atoms with Crippen LogP contribution in [0.25, 0.3) is 0 Å². The highest BCUT2D eigenvalue weighted by Gasteiger charge is 2.39. The molecular formula is C15H16BrNO. The second kappa shape index (κ2) is 4.54. The summed E-state index contributed by atoms with van der Waals surface area (Å²) in [6.45, 7) is 2.01. The molecule has 18 heavy (non-hydrogen) atoms. The summed E-state index contributed by atoms with van der Waals surface area (Å²) in [7, 11) is 0. The zero-order valence-electron chi connectivity index (χ0n) is 10.3. The number of aryl methyl sites for hydroxylation is 1. The highest BCUT2D eigenvalue weighted by molar-refractivity contribution is 9.10. The summed E-state index contributed by atoms with van der Waals surface area (Å²) in [5, 5.41) is 3.07. The molecule has 0 aliphatic heterocycles. The van der Waals surface area contributed by atoms with Gasteiger partial charge in [-0.1, -0.05) is 28.1 Å². The van der Waals surface area contributed by atoms with Gasteiger partial charge in [-0.15, -0.1) is 0 Å². The zero-order valence-corrected chi connectivity index (χ0v) is 11.9. The summed E-state index contributed by atoms with van der Waals surface area (Å²) in [6.07, 6.45) is 6.66. The average Bonchev–Trinajstić information content (AvgIpc) is 2.94. The normalized spacial score (nSPS) is 28.7. The van der Waals surface area contributed by atoms with Crippen molar-refractivity contribution in [2.75, 3.05) is 5.32 Å². The van der Waals surface area contributed by atoms with Gasteiger partial charge >= 0.3 is 0 Å². The van der Waals surface area contributed by atoms with Crippen molar-refractivity contribution < 1.29 is 4.79 Å². The minimum absolute atomic E-state index is 0.169. The van der Waals surface area contributed by atoms with Crippen molar-refractivity contribution in [1.29, 1.82) is 0 Å². The zero-order chi connectivity index (χ0) is 12.7. The van der Waals surface area contributed by atoms with E-state index in [-0.39, 0.29) is 11.8 Å². The van der Waals surface area contributed by atoms with E-state index in [9.17, 15) is 4.79 Å². The summed E-state index contributed by atoms with van der Waals surface area (Å²) < 4.78 is 1.04. The molecule has 2 aliphatic rings. The lowest BCUT2D eigenvalue weighted by Crippen LogP contribution is -2.26. The van der Waals surface area contributed by atoms with Crippen LogP contribution in [0.4, 0.5) is 5.69 Å². The van der Waals surface area contributed by atoms with Gasteiger partial charge in [0, 0.05) is 16.1 Å². The molecule has 0 aromatic heterocycles. The Kier molecular flexibility index (Phi) is 3.02. The topological polar surface area (TPSA) is 29.1 Å². The lowest BCUT2D eigenvalue weighted by Gasteiger charge is -2.18. The van der Waals surface area contributed by atoms with Crippen LogP contribution in [0, 0.1) is 24.7 Å². The molecule has 2 bridgehead atoms. The van der Waals surface area contributed by atoms with E-state index in [4.69, 9.17) is 0 Å². The number of amides is 1. The SMILES string of the molecule is Cc1cc(Br)ccc1NC(=O)C1CC2C=CC1C2. The Labute approximate surface area is 116 Å². The fourth-order valence-electron chi connectivity index (χ4n) is 3.07. The molecule has 0 saturated heterocycles. The number of nitrogens with one attached hydrogen (secondary N) is 1. The van der Waals surface area contributed by atoms with E-state index in [1.54, 1.807) is 0 Å². The number of hydrogen-bond acceptors (Lipinski definition) is 1. The molecule has 3 rings (SSSR count). The fraction of sp³-hybridized carbons (Fsp3) is 0.400. The van der Waals surface area contributed by atoms with Crippen LogP contribution in [0.2, 0.25) is 0 Å². The first-order chi connectivity index (χ1) is 8.63. The Morgan fingerprint density at radius 2 is 2.17 bits per heavy atom. The molecule has 0 radical (unpaired) electrons. The average molecular weight is 306 g/mol. The quantitative estimate of drug-likeness (QED) is 0.825. The minimum atomic E-state index is 0.169. The molecule has 0 spiro atoms. The number of carbonyl (C=O) groups excluding carboxylic acids is 1. The van der Waals surface area contributed by atoms with Crippen molar-refractivity contribution in [1.82, 2.24) is 0 Å². The maximum atomic E-state index is 12.3. The number of halogens is 1. The monoisotopic (exact) mass is 305 g/mol. The summed E-state index contributed by atoms with van der Waals surface area (Å²) >= 11 is 3.43. The van der Waals surface area contributed by atoms with Crippen molar-refractivity contribution >= 4 is 27.5 Å². The lowest BCUT2D eigenvalue weighted by molar-refractivity contribution is -0.120. The molecule has 3 unspecified atom stereocenters. The van der Waals surface area contributed by atoms with Gasteiger partial charge in [0.25, 0.3) is 0 Å². The number of rotatable bonds is 2. The number of allylic oxidation sites excluding steroid dienone is 2. The van der Waals surface area contributed by atoms with Gasteiger partial charge in [-0.25, -0.2) is 0 Å². The number of hydrogen-bond donors (Lipinski definition) is 1. The molecule has 1 saturated carbocycles. The predicted molar refractivity (Wildman–Crippen MR) is 76.4 cm³/mol. The molecule has 2 aliphatic carbocycles. The van der Waals surface area contributed by atoms with E-state index in [1.165, 1.54) is 0 Å². The van der Waals surface area contributed by atoms with Gasteiger partial charge in [0.1, 0.15) is 0 Å². The van der Waals surface area contributed by atoms with Gasteiger partial charge in [0.15, 0.2) is 0 Å². The number of anilines is 1. The number of benzene rings is 1. The number of fused-ring (bicyclic) bond motifs is 2. The summed E-state index contributed by atoms with van der Waals surface area (Å²) in [5.41, 5.74) is 2.02. The van der Waals surface area contributed by atoms with Crippen molar-refractivity contribution in [3.63, 3.8) is 0 Å². The molecule has 1 fully saturated rings. The molecule has 3 atom stereocenters. The second-order valence-electron chi connectivity index (χ2n) is 5.34. The second-order valence-corrected chi connectivity index (χ2v) is 6.25. The highest BCUT2D eigenvalue weighted by atomic mass is 79.9. The first-order valence-corrected chi connectivity index (χ1v) is 7.18. The van der Waals surface area contributed by atoms with Gasteiger partial charge in [0.2, 0.25) is 5.91 Å². The molecule has 0 heterocycles. The third-order valence-corrected chi connectivity index (χ3v) is 4.56. The molecule has 94 valence electrons. The van der Waals surface area contributed by atoms with Gasteiger partial charge in [-0.05, 0) is 55.4 Å². The van der Waals surface area contributed by atoms with Crippen LogP contribution in [0.15, 0.2) is 34.8 Å². The summed E-state index contributed by atoms with van der Waals surface area (Å²) in [5.74, 6) is 1.45. The Balaban J connectivity index is 1.73. The minimum Gasteiger partial charge on any atom is -0.326 e. The van der Waals surface area contributed by atoms with Gasteiger partial charge < -0.3 is 5.32 Å². The Morgan fingerprint density at radius 3 is 2.78 bits per heavy atom. The maximum absolute atomic E-state index is 12.3. The first-order valence-electron chi connectivity index (χ1n) is 6.39. The van der Waals surface area contributed by atoms with Crippen LogP contribution in [0.3, 0.4) is 0 Å². The van der Waals surface area contributed by atoms with E-state index in [0.717, 1.165) is 28.6 Å². The smallest absolute Gasteiger partial charge is 0.228 e. The van der Waals surface area contributed by atoms with E-state index >= 15 is 0 Å². The van der Waals surface area contributed by atoms with Crippen molar-refractivity contribution in [2.45, 2.75) is 19.8 Å². The van der Waals surface area contributed by atoms with Gasteiger partial charge in [-0.3, -0.25) is 4.79 Å². The largest absolute Gasteiger partial charge is 0.326 e. The molecule has 2 nitrogen and oxygen atoms in total. The standard InChI is InChI=1S/C15H16BrNO/c1-9-6-12(16)4-5-14(9)17-15(18)13-8-10-2-3-11(13)7-10/h2-6,10-11,13H,7-8H2,1H3,(H,17,18). The highest BCUT2D eigenvalue weighted by Crippen LogP contribution is 2.43. The first kappa shape index (κ1) is 12.0. The van der Waals surface area contributed by atoms with Crippen molar-refractivity contribution in [2.24, 2.45) is 17.8 Å². The van der Waals surface area contributed by atoms with Crippen LogP contribution >= 0.6 is 15.9 Å². The Hall–Kier alpha value is -1.09. The van der Waals surface area contributed by atoms with Crippen molar-refractivity contribution in [3.8, 4) is 0 Å². The van der Waals surface area contributed by atoms with E-state index in [0.29, 0.717) is 11.8 Å². The Morgan fingerprint density at radius 1 is 1.33 bits per heavy atom. The van der Waals surface area contributed by atoms with E-state index in [1.807, 2.05) is 25.1 Å². The molecule has 1 aromatic carbocycles.